The van der Waals surface area contributed by atoms with E-state index >= 15 is 0 Å². The van der Waals surface area contributed by atoms with Gasteiger partial charge < -0.3 is 9.88 Å². The van der Waals surface area contributed by atoms with E-state index in [1.807, 2.05) is 0 Å². The van der Waals surface area contributed by atoms with Crippen molar-refractivity contribution in [3.05, 3.63) is 35.5 Å². The van der Waals surface area contributed by atoms with E-state index in [9.17, 15) is 0 Å². The van der Waals surface area contributed by atoms with Crippen molar-refractivity contribution in [2.75, 3.05) is 13.1 Å². The van der Waals surface area contributed by atoms with Crippen LogP contribution < -0.4 is 5.32 Å². The zero-order chi connectivity index (χ0) is 14.3. The second-order valence-electron chi connectivity index (χ2n) is 6.24. The van der Waals surface area contributed by atoms with Crippen molar-refractivity contribution in [2.45, 2.75) is 39.4 Å². The number of nitrogens with zero attached hydrogens (tertiary/aromatic N) is 2. The summed E-state index contributed by atoms with van der Waals surface area (Å²) < 4.78 is 2.37. The number of rotatable bonds is 2. The van der Waals surface area contributed by atoms with E-state index in [4.69, 9.17) is 0 Å². The van der Waals surface area contributed by atoms with Crippen LogP contribution in [-0.2, 0) is 13.6 Å². The predicted molar refractivity (Wildman–Crippen MR) is 85.0 cm³/mol. The summed E-state index contributed by atoms with van der Waals surface area (Å²) in [4.78, 5) is 2.60. The highest BCUT2D eigenvalue weighted by Gasteiger charge is 2.24. The van der Waals surface area contributed by atoms with Gasteiger partial charge in [-0.25, -0.2) is 0 Å². The Balaban J connectivity index is 1.94. The van der Waals surface area contributed by atoms with Gasteiger partial charge in [-0.1, -0.05) is 18.2 Å². The molecular formula is C17H25N3. The van der Waals surface area contributed by atoms with Gasteiger partial charge in [-0.15, -0.1) is 0 Å². The fourth-order valence-corrected chi connectivity index (χ4v) is 3.37. The van der Waals surface area contributed by atoms with E-state index in [2.05, 4.69) is 66.9 Å². The average Bonchev–Trinajstić information content (AvgIpc) is 2.68. The Labute approximate surface area is 121 Å². The highest BCUT2D eigenvalue weighted by Crippen LogP contribution is 2.26. The summed E-state index contributed by atoms with van der Waals surface area (Å²) in [6, 6.07) is 9.90. The Morgan fingerprint density at radius 1 is 1.25 bits per heavy atom. The molecule has 2 heterocycles. The molecule has 1 aromatic carbocycles. The lowest BCUT2D eigenvalue weighted by Crippen LogP contribution is -2.53. The maximum absolute atomic E-state index is 3.55. The monoisotopic (exact) mass is 271 g/mol. The molecular weight excluding hydrogens is 246 g/mol. The predicted octanol–water partition coefficient (Wildman–Crippen LogP) is 2.67. The largest absolute Gasteiger partial charge is 0.346 e. The molecule has 1 aliphatic heterocycles. The molecule has 1 aromatic heterocycles. The van der Waals surface area contributed by atoms with Gasteiger partial charge in [0.15, 0.2) is 0 Å². The first-order valence-corrected chi connectivity index (χ1v) is 7.58. The molecule has 3 rings (SSSR count). The maximum atomic E-state index is 3.55. The van der Waals surface area contributed by atoms with Crippen LogP contribution in [0, 0.1) is 6.92 Å². The minimum absolute atomic E-state index is 0.584. The summed E-state index contributed by atoms with van der Waals surface area (Å²) >= 11 is 0. The van der Waals surface area contributed by atoms with Crippen LogP contribution in [0.25, 0.3) is 10.9 Å². The lowest BCUT2D eigenvalue weighted by Gasteiger charge is -2.37. The lowest BCUT2D eigenvalue weighted by molar-refractivity contribution is 0.136. The Hall–Kier alpha value is -1.32. The van der Waals surface area contributed by atoms with E-state index < -0.39 is 0 Å². The minimum atomic E-state index is 0.584. The Bertz CT molecular complexity index is 575. The summed E-state index contributed by atoms with van der Waals surface area (Å²) in [5.41, 5.74) is 4.23. The van der Waals surface area contributed by atoms with Crippen LogP contribution in [0.1, 0.15) is 25.1 Å². The Morgan fingerprint density at radius 2 is 2.00 bits per heavy atom. The number of hydrogen-bond donors (Lipinski definition) is 1. The van der Waals surface area contributed by atoms with Crippen molar-refractivity contribution >= 4 is 10.9 Å². The van der Waals surface area contributed by atoms with Crippen LogP contribution in [0.5, 0.6) is 0 Å². The smallest absolute Gasteiger partial charge is 0.0483 e. The summed E-state index contributed by atoms with van der Waals surface area (Å²) in [5.74, 6) is 0. The van der Waals surface area contributed by atoms with Crippen LogP contribution in [-0.4, -0.2) is 34.6 Å². The summed E-state index contributed by atoms with van der Waals surface area (Å²) in [6.45, 7) is 10.1. The number of aromatic nitrogens is 1. The molecule has 0 saturated carbocycles. The van der Waals surface area contributed by atoms with Crippen LogP contribution in [0.2, 0.25) is 0 Å². The van der Waals surface area contributed by atoms with Gasteiger partial charge in [0.25, 0.3) is 0 Å². The zero-order valence-electron chi connectivity index (χ0n) is 13.0. The first-order valence-electron chi connectivity index (χ1n) is 7.58. The molecule has 3 nitrogen and oxygen atoms in total. The summed E-state index contributed by atoms with van der Waals surface area (Å²) in [6.07, 6.45) is 0. The Kier molecular flexibility index (Phi) is 3.57. The van der Waals surface area contributed by atoms with Gasteiger partial charge in [0, 0.05) is 55.4 Å². The van der Waals surface area contributed by atoms with Crippen molar-refractivity contribution in [1.29, 1.82) is 0 Å². The van der Waals surface area contributed by atoms with E-state index in [1.165, 1.54) is 22.2 Å². The molecule has 1 saturated heterocycles. The highest BCUT2D eigenvalue weighted by atomic mass is 15.2. The van der Waals surface area contributed by atoms with E-state index in [1.54, 1.807) is 0 Å². The molecule has 1 N–H and O–H groups in total. The third-order valence-electron chi connectivity index (χ3n) is 4.75. The molecule has 108 valence electrons. The van der Waals surface area contributed by atoms with Crippen LogP contribution in [0.15, 0.2) is 24.3 Å². The highest BCUT2D eigenvalue weighted by molar-refractivity contribution is 5.85. The number of piperazine rings is 1. The van der Waals surface area contributed by atoms with E-state index in [0.29, 0.717) is 12.1 Å². The van der Waals surface area contributed by atoms with Crippen LogP contribution in [0.3, 0.4) is 0 Å². The molecule has 3 heteroatoms. The van der Waals surface area contributed by atoms with Crippen LogP contribution >= 0.6 is 0 Å². The van der Waals surface area contributed by atoms with E-state index in [0.717, 1.165) is 19.6 Å². The van der Waals surface area contributed by atoms with Gasteiger partial charge in [0.1, 0.15) is 0 Å². The molecule has 20 heavy (non-hydrogen) atoms. The molecule has 1 aliphatic rings. The topological polar surface area (TPSA) is 20.2 Å². The van der Waals surface area contributed by atoms with Crippen molar-refractivity contribution in [2.24, 2.45) is 7.05 Å². The average molecular weight is 271 g/mol. The number of para-hydroxylation sites is 1. The summed E-state index contributed by atoms with van der Waals surface area (Å²) in [7, 11) is 2.20. The first kappa shape index (κ1) is 13.7. The summed E-state index contributed by atoms with van der Waals surface area (Å²) in [5, 5.41) is 4.94. The maximum Gasteiger partial charge on any atom is 0.0483 e. The standard InChI is InChI=1S/C17H25N3/c1-12-10-20(13(2)9-18-12)11-17-14(3)15-7-5-6-8-16(15)19(17)4/h5-8,12-13,18H,9-11H2,1-4H3. The lowest BCUT2D eigenvalue weighted by atomic mass is 10.1. The molecule has 0 radical (unpaired) electrons. The molecule has 2 aromatic rings. The van der Waals surface area contributed by atoms with Gasteiger partial charge in [0.05, 0.1) is 0 Å². The number of fused-ring (bicyclic) bond motifs is 1. The third-order valence-corrected chi connectivity index (χ3v) is 4.75. The van der Waals surface area contributed by atoms with Crippen LogP contribution in [0.4, 0.5) is 0 Å². The minimum Gasteiger partial charge on any atom is -0.346 e. The molecule has 2 atom stereocenters. The first-order chi connectivity index (χ1) is 9.58. The molecule has 0 aliphatic carbocycles. The SMILES string of the molecule is Cc1c(CN2CC(C)NCC2C)n(C)c2ccccc12. The quantitative estimate of drug-likeness (QED) is 0.906. The van der Waals surface area contributed by atoms with Crippen molar-refractivity contribution in [3.8, 4) is 0 Å². The fraction of sp³-hybridized carbons (Fsp3) is 0.529. The van der Waals surface area contributed by atoms with Gasteiger partial charge in [-0.3, -0.25) is 4.90 Å². The number of benzene rings is 1. The van der Waals surface area contributed by atoms with Gasteiger partial charge in [0.2, 0.25) is 0 Å². The second-order valence-corrected chi connectivity index (χ2v) is 6.24. The molecule has 0 amide bonds. The zero-order valence-corrected chi connectivity index (χ0v) is 13.0. The van der Waals surface area contributed by atoms with Gasteiger partial charge in [-0.05, 0) is 32.4 Å². The van der Waals surface area contributed by atoms with Crippen molar-refractivity contribution in [1.82, 2.24) is 14.8 Å². The van der Waals surface area contributed by atoms with Gasteiger partial charge in [-0.2, -0.15) is 0 Å². The second kappa shape index (κ2) is 5.23. The molecule has 1 fully saturated rings. The number of hydrogen-bond acceptors (Lipinski definition) is 2. The van der Waals surface area contributed by atoms with E-state index in [-0.39, 0.29) is 0 Å². The number of aryl methyl sites for hydroxylation is 2. The van der Waals surface area contributed by atoms with Gasteiger partial charge >= 0.3 is 0 Å². The third kappa shape index (κ3) is 2.25. The fourth-order valence-electron chi connectivity index (χ4n) is 3.37. The molecule has 0 bridgehead atoms. The molecule has 2 unspecified atom stereocenters. The normalized spacial score (nSPS) is 24.4. The van der Waals surface area contributed by atoms with Crippen molar-refractivity contribution < 1.29 is 0 Å². The Morgan fingerprint density at radius 3 is 2.75 bits per heavy atom. The number of nitrogens with one attached hydrogen (secondary N) is 1. The van der Waals surface area contributed by atoms with Crippen molar-refractivity contribution in [3.63, 3.8) is 0 Å². The molecule has 0 spiro atoms.